The predicted molar refractivity (Wildman–Crippen MR) is 95.0 cm³/mol. The molecule has 0 saturated carbocycles. The summed E-state index contributed by atoms with van der Waals surface area (Å²) in [5.74, 6) is 0.519. The highest BCUT2D eigenvalue weighted by Gasteiger charge is 2.29. The molecule has 2 aromatic rings. The van der Waals surface area contributed by atoms with Gasteiger partial charge in [0.05, 0.1) is 11.9 Å². The number of likely N-dealkylation sites (tertiary alicyclic amines) is 1. The van der Waals surface area contributed by atoms with Crippen molar-refractivity contribution in [3.05, 3.63) is 36.7 Å². The van der Waals surface area contributed by atoms with E-state index < -0.39 is 9.84 Å². The second-order valence-electron chi connectivity index (χ2n) is 6.28. The van der Waals surface area contributed by atoms with Gasteiger partial charge in [-0.05, 0) is 43.5 Å². The van der Waals surface area contributed by atoms with Gasteiger partial charge in [-0.3, -0.25) is 0 Å². The second-order valence-corrected chi connectivity index (χ2v) is 8.47. The second kappa shape index (κ2) is 7.26. The number of anilines is 1. The molecule has 0 aliphatic carbocycles. The Morgan fingerprint density at radius 1 is 1.32 bits per heavy atom. The van der Waals surface area contributed by atoms with Crippen LogP contribution in [0.1, 0.15) is 19.3 Å². The summed E-state index contributed by atoms with van der Waals surface area (Å²) in [4.78, 5) is 18.3. The van der Waals surface area contributed by atoms with E-state index in [1.807, 2.05) is 12.1 Å². The van der Waals surface area contributed by atoms with Crippen molar-refractivity contribution in [2.24, 2.45) is 0 Å². The van der Waals surface area contributed by atoms with Gasteiger partial charge in [0, 0.05) is 30.1 Å². The molecule has 1 aliphatic rings. The van der Waals surface area contributed by atoms with Crippen LogP contribution in [0.25, 0.3) is 11.5 Å². The third kappa shape index (κ3) is 4.60. The number of hydrogen-bond acceptors (Lipinski definition) is 5. The number of piperidine rings is 1. The zero-order valence-corrected chi connectivity index (χ0v) is 14.8. The first-order valence-corrected chi connectivity index (χ1v) is 10.2. The molecule has 25 heavy (non-hydrogen) atoms. The van der Waals surface area contributed by atoms with Gasteiger partial charge in [-0.15, -0.1) is 0 Å². The van der Waals surface area contributed by atoms with Crippen molar-refractivity contribution in [2.75, 3.05) is 23.9 Å². The van der Waals surface area contributed by atoms with Gasteiger partial charge in [-0.1, -0.05) is 0 Å². The molecule has 1 N–H and O–H groups in total. The Hall–Kier alpha value is -2.35. The third-order valence-electron chi connectivity index (χ3n) is 4.20. The van der Waals surface area contributed by atoms with Crippen LogP contribution in [0.4, 0.5) is 10.5 Å². The number of urea groups is 1. The predicted octanol–water partition coefficient (Wildman–Crippen LogP) is 2.77. The van der Waals surface area contributed by atoms with Gasteiger partial charge in [0.15, 0.2) is 0 Å². The molecule has 0 radical (unpaired) electrons. The van der Waals surface area contributed by atoms with Gasteiger partial charge in [-0.2, -0.15) is 0 Å². The molecule has 1 aromatic heterocycles. The van der Waals surface area contributed by atoms with Crippen LogP contribution in [0, 0.1) is 0 Å². The van der Waals surface area contributed by atoms with Gasteiger partial charge in [0.2, 0.25) is 5.89 Å². The first kappa shape index (κ1) is 17.5. The molecule has 1 aliphatic heterocycles. The third-order valence-corrected chi connectivity index (χ3v) is 5.19. The molecule has 2 heterocycles. The molecule has 3 rings (SSSR count). The van der Waals surface area contributed by atoms with Crippen molar-refractivity contribution in [3.8, 4) is 11.5 Å². The molecule has 0 bridgehead atoms. The minimum atomic E-state index is -3.13. The number of rotatable bonds is 4. The summed E-state index contributed by atoms with van der Waals surface area (Å²) in [5, 5.41) is 2.84. The van der Waals surface area contributed by atoms with Gasteiger partial charge in [0.1, 0.15) is 16.1 Å². The number of aromatic nitrogens is 1. The van der Waals surface area contributed by atoms with E-state index in [-0.39, 0.29) is 17.8 Å². The molecular formula is C17H21N3O4S. The fraction of sp³-hybridized carbons (Fsp3) is 0.412. The van der Waals surface area contributed by atoms with Crippen molar-refractivity contribution in [1.29, 1.82) is 0 Å². The summed E-state index contributed by atoms with van der Waals surface area (Å²) < 4.78 is 28.4. The topological polar surface area (TPSA) is 92.5 Å². The normalized spacial score (nSPS) is 18.1. The molecular weight excluding hydrogens is 342 g/mol. The Bertz CT molecular complexity index is 816. The molecule has 2 amide bonds. The van der Waals surface area contributed by atoms with E-state index in [1.54, 1.807) is 23.2 Å². The van der Waals surface area contributed by atoms with Crippen LogP contribution in [-0.4, -0.2) is 48.9 Å². The van der Waals surface area contributed by atoms with Crippen LogP contribution in [0.2, 0.25) is 0 Å². The molecule has 0 spiro atoms. The van der Waals surface area contributed by atoms with Gasteiger partial charge >= 0.3 is 6.03 Å². The van der Waals surface area contributed by atoms with Crippen molar-refractivity contribution < 1.29 is 17.6 Å². The molecule has 1 fully saturated rings. The smallest absolute Gasteiger partial charge is 0.322 e. The van der Waals surface area contributed by atoms with E-state index in [2.05, 4.69) is 10.3 Å². The molecule has 7 nitrogen and oxygen atoms in total. The highest BCUT2D eigenvalue weighted by Crippen LogP contribution is 2.22. The van der Waals surface area contributed by atoms with E-state index in [1.165, 1.54) is 12.5 Å². The Kier molecular flexibility index (Phi) is 5.08. The summed E-state index contributed by atoms with van der Waals surface area (Å²) in [6, 6.07) is 6.63. The SMILES string of the molecule is CS(=O)(=O)CC1CCCCN1C(=O)Nc1ccc(-c2ncco2)cc1. The largest absolute Gasteiger partial charge is 0.445 e. The average molecular weight is 363 g/mol. The van der Waals surface area contributed by atoms with Crippen LogP contribution < -0.4 is 5.32 Å². The van der Waals surface area contributed by atoms with Gasteiger partial charge < -0.3 is 14.6 Å². The molecule has 8 heteroatoms. The number of oxazole rings is 1. The number of nitrogens with zero attached hydrogens (tertiary/aromatic N) is 2. The highest BCUT2D eigenvalue weighted by molar-refractivity contribution is 7.90. The van der Waals surface area contributed by atoms with Crippen LogP contribution in [0.15, 0.2) is 41.1 Å². The maximum absolute atomic E-state index is 12.6. The Morgan fingerprint density at radius 3 is 2.72 bits per heavy atom. The summed E-state index contributed by atoms with van der Waals surface area (Å²) in [5.41, 5.74) is 1.46. The number of carbonyl (C=O) groups is 1. The summed E-state index contributed by atoms with van der Waals surface area (Å²) in [7, 11) is -3.13. The minimum absolute atomic E-state index is 0.00349. The van der Waals surface area contributed by atoms with E-state index >= 15 is 0 Å². The van der Waals surface area contributed by atoms with Crippen molar-refractivity contribution in [2.45, 2.75) is 25.3 Å². The van der Waals surface area contributed by atoms with Crippen LogP contribution >= 0.6 is 0 Å². The van der Waals surface area contributed by atoms with Gasteiger partial charge in [0.25, 0.3) is 0 Å². The zero-order valence-electron chi connectivity index (χ0n) is 14.0. The van der Waals surface area contributed by atoms with Crippen LogP contribution in [0.5, 0.6) is 0 Å². The summed E-state index contributed by atoms with van der Waals surface area (Å²) in [6.45, 7) is 0.570. The lowest BCUT2D eigenvalue weighted by molar-refractivity contribution is 0.171. The molecule has 1 atom stereocenters. The van der Waals surface area contributed by atoms with E-state index in [0.29, 0.717) is 24.5 Å². The first-order chi connectivity index (χ1) is 11.9. The number of nitrogens with one attached hydrogen (secondary N) is 1. The van der Waals surface area contributed by atoms with Crippen LogP contribution in [-0.2, 0) is 9.84 Å². The maximum Gasteiger partial charge on any atom is 0.322 e. The quantitative estimate of drug-likeness (QED) is 0.902. The molecule has 1 aromatic carbocycles. The van der Waals surface area contributed by atoms with E-state index in [9.17, 15) is 13.2 Å². The van der Waals surface area contributed by atoms with Crippen molar-refractivity contribution in [3.63, 3.8) is 0 Å². The Labute approximate surface area is 147 Å². The monoisotopic (exact) mass is 363 g/mol. The van der Waals surface area contributed by atoms with Crippen molar-refractivity contribution >= 4 is 21.6 Å². The fourth-order valence-electron chi connectivity index (χ4n) is 3.05. The number of sulfone groups is 1. The Morgan fingerprint density at radius 2 is 2.08 bits per heavy atom. The van der Waals surface area contributed by atoms with Crippen molar-refractivity contribution in [1.82, 2.24) is 9.88 Å². The number of hydrogen-bond donors (Lipinski definition) is 1. The van der Waals surface area contributed by atoms with Gasteiger partial charge in [-0.25, -0.2) is 18.2 Å². The van der Waals surface area contributed by atoms with Crippen LogP contribution in [0.3, 0.4) is 0 Å². The van der Waals surface area contributed by atoms with E-state index in [0.717, 1.165) is 18.4 Å². The number of benzene rings is 1. The van der Waals surface area contributed by atoms with E-state index in [4.69, 9.17) is 4.42 Å². The molecule has 1 unspecified atom stereocenters. The fourth-order valence-corrected chi connectivity index (χ4v) is 4.09. The lowest BCUT2D eigenvalue weighted by Crippen LogP contribution is -2.48. The number of amides is 2. The maximum atomic E-state index is 12.6. The lowest BCUT2D eigenvalue weighted by Gasteiger charge is -2.35. The average Bonchev–Trinajstić information content (AvgIpc) is 3.09. The minimum Gasteiger partial charge on any atom is -0.445 e. The number of carbonyl (C=O) groups excluding carboxylic acids is 1. The first-order valence-electron chi connectivity index (χ1n) is 8.18. The Balaban J connectivity index is 1.68. The molecule has 134 valence electrons. The molecule has 1 saturated heterocycles. The zero-order chi connectivity index (χ0) is 17.9. The highest BCUT2D eigenvalue weighted by atomic mass is 32.2. The lowest BCUT2D eigenvalue weighted by atomic mass is 10.0. The standard InChI is InChI=1S/C17H21N3O4S/c1-25(22,23)12-15-4-2-3-10-20(15)17(21)19-14-7-5-13(6-8-14)16-18-9-11-24-16/h5-9,11,15H,2-4,10,12H2,1H3,(H,19,21). The summed E-state index contributed by atoms with van der Waals surface area (Å²) in [6.07, 6.45) is 6.82. The summed E-state index contributed by atoms with van der Waals surface area (Å²) >= 11 is 0.